The first-order valence-electron chi connectivity index (χ1n) is 17.4. The summed E-state index contributed by atoms with van der Waals surface area (Å²) in [6.45, 7) is 15.5. The highest BCUT2D eigenvalue weighted by Gasteiger charge is 2.51. The molecule has 280 valence electrons. The number of amides is 1. The fourth-order valence-corrected chi connectivity index (χ4v) is 7.50. The molecule has 0 saturated carbocycles. The van der Waals surface area contributed by atoms with E-state index in [0.29, 0.717) is 32.2 Å². The molecule has 1 amide bonds. The van der Waals surface area contributed by atoms with Gasteiger partial charge >= 0.3 is 5.97 Å². The van der Waals surface area contributed by atoms with E-state index in [-0.39, 0.29) is 35.9 Å². The Morgan fingerprint density at radius 1 is 1.10 bits per heavy atom. The molecule has 2 aliphatic heterocycles. The predicted octanol–water partition coefficient (Wildman–Crippen LogP) is 1.83. The minimum atomic E-state index is -1.15. The molecule has 0 radical (unpaired) electrons. The lowest BCUT2D eigenvalue weighted by Gasteiger charge is -2.48. The molecule has 2 heterocycles. The average molecular weight is 687 g/mol. The molecule has 0 aromatic rings. The maximum Gasteiger partial charge on any atom is 0.316 e. The molecule has 2 aliphatic rings. The van der Waals surface area contributed by atoms with Crippen molar-refractivity contribution < 1.29 is 43.2 Å². The number of cyclic esters (lactones) is 1. The second-order valence-corrected chi connectivity index (χ2v) is 15.0. The van der Waals surface area contributed by atoms with Crippen molar-refractivity contribution in [3.63, 3.8) is 0 Å². The number of carbonyl (C=O) groups is 3. The van der Waals surface area contributed by atoms with Crippen LogP contribution in [0.15, 0.2) is 0 Å². The second kappa shape index (κ2) is 18.0. The van der Waals surface area contributed by atoms with Crippen LogP contribution in [0.4, 0.5) is 0 Å². The number of esters is 1. The number of hydrogen-bond acceptors (Lipinski definition) is 12. The van der Waals surface area contributed by atoms with Gasteiger partial charge in [-0.3, -0.25) is 14.4 Å². The lowest BCUT2D eigenvalue weighted by Crippen LogP contribution is -2.65. The van der Waals surface area contributed by atoms with Gasteiger partial charge < -0.3 is 49.2 Å². The normalized spacial score (nSPS) is 41.7. The van der Waals surface area contributed by atoms with E-state index in [0.717, 1.165) is 0 Å². The highest BCUT2D eigenvalue weighted by molar-refractivity contribution is 6.00. The van der Waals surface area contributed by atoms with Crippen LogP contribution in [0.25, 0.3) is 0 Å². The molecule has 0 aliphatic carbocycles. The smallest absolute Gasteiger partial charge is 0.316 e. The van der Waals surface area contributed by atoms with Crippen LogP contribution in [0.5, 0.6) is 0 Å². The molecule has 2 unspecified atom stereocenters. The summed E-state index contributed by atoms with van der Waals surface area (Å²) >= 11 is 0. The quantitative estimate of drug-likeness (QED) is 0.175. The standard InChI is InChI=1S/C35H66N4O9/c1-15-27-35(8,45-14)30(37-19-40)23(5)36-18-20(2)17-34(7,44-13)31(21(3)28(41)22(4)32(43)47-27)48-33-29(42)25(39(11)12)16-26(46-33)24(6)38(9)10/h19-27,29-31,33,36,42H,15-18H2,1-14H3,(H,37,40)/t20-,21+,22?,23-,24+,25?,26+,27-,29-,30-,31-,33+,34-,35-/m1/s1. The predicted molar refractivity (Wildman–Crippen MR) is 183 cm³/mol. The Bertz CT molecular complexity index is 1050. The molecule has 0 spiro atoms. The summed E-state index contributed by atoms with van der Waals surface area (Å²) < 4.78 is 31.4. The van der Waals surface area contributed by atoms with Crippen LogP contribution in [0, 0.1) is 17.8 Å². The molecule has 14 atom stereocenters. The largest absolute Gasteiger partial charge is 0.459 e. The minimum absolute atomic E-state index is 0.00660. The molecule has 2 fully saturated rings. The number of ether oxygens (including phenoxy) is 5. The minimum Gasteiger partial charge on any atom is -0.459 e. The fourth-order valence-electron chi connectivity index (χ4n) is 7.50. The Labute approximate surface area is 289 Å². The fraction of sp³-hybridized carbons (Fsp3) is 0.914. The Hall–Kier alpha value is -1.71. The van der Waals surface area contributed by atoms with Gasteiger partial charge in [-0.15, -0.1) is 0 Å². The monoisotopic (exact) mass is 686 g/mol. The number of methoxy groups -OCH3 is 2. The third kappa shape index (κ3) is 9.54. The summed E-state index contributed by atoms with van der Waals surface area (Å²) in [6, 6.07) is -1.09. The molecule has 13 nitrogen and oxygen atoms in total. The Morgan fingerprint density at radius 2 is 1.73 bits per heavy atom. The van der Waals surface area contributed by atoms with E-state index in [4.69, 9.17) is 23.7 Å². The average Bonchev–Trinajstić information content (AvgIpc) is 3.05. The molecule has 0 aromatic carbocycles. The van der Waals surface area contributed by atoms with Crippen LogP contribution in [0.3, 0.4) is 0 Å². The zero-order chi connectivity index (χ0) is 36.7. The van der Waals surface area contributed by atoms with E-state index in [2.05, 4.69) is 29.4 Å². The molecule has 13 heteroatoms. The number of aliphatic hydroxyl groups is 1. The Kier molecular flexibility index (Phi) is 15.9. The van der Waals surface area contributed by atoms with Crippen LogP contribution >= 0.6 is 0 Å². The van der Waals surface area contributed by atoms with E-state index in [1.165, 1.54) is 14.0 Å². The maximum atomic E-state index is 14.2. The van der Waals surface area contributed by atoms with Crippen molar-refractivity contribution in [1.82, 2.24) is 20.4 Å². The molecule has 0 aromatic heterocycles. The summed E-state index contributed by atoms with van der Waals surface area (Å²) in [5.41, 5.74) is -2.15. The lowest BCUT2D eigenvalue weighted by molar-refractivity contribution is -0.302. The van der Waals surface area contributed by atoms with E-state index in [1.807, 2.05) is 53.9 Å². The number of nitrogens with one attached hydrogen (secondary N) is 2. The summed E-state index contributed by atoms with van der Waals surface area (Å²) in [6.07, 6.45) is -1.93. The summed E-state index contributed by atoms with van der Waals surface area (Å²) in [5.74, 6) is -3.07. The molecule has 48 heavy (non-hydrogen) atoms. The SMILES string of the molecule is CC[C@H]1OC(=O)C(C)C(=O)[C@H](C)[C@@H](O[C@@H]2O[C@H]([C@H](C)N(C)C)CC(N(C)C)[C@H]2O)[C@](C)(OC)C[C@@H](C)CN[C@H](C)[C@@H](NC=O)[C@]1(C)OC. The van der Waals surface area contributed by atoms with Crippen molar-refractivity contribution in [2.45, 2.75) is 141 Å². The zero-order valence-corrected chi connectivity index (χ0v) is 31.9. The van der Waals surface area contributed by atoms with Crippen LogP contribution in [-0.2, 0) is 38.1 Å². The number of rotatable bonds is 10. The number of aliphatic hydroxyl groups excluding tert-OH is 1. The topological polar surface area (TPSA) is 148 Å². The molecular weight excluding hydrogens is 620 g/mol. The van der Waals surface area contributed by atoms with Crippen LogP contribution in [0.1, 0.15) is 74.7 Å². The third-order valence-electron chi connectivity index (χ3n) is 11.1. The first kappa shape index (κ1) is 42.5. The van der Waals surface area contributed by atoms with E-state index in [9.17, 15) is 19.5 Å². The number of Topliss-reactive ketones (excluding diaryl/α,β-unsaturated/α-hetero) is 1. The lowest BCUT2D eigenvalue weighted by atomic mass is 9.78. The van der Waals surface area contributed by atoms with E-state index in [1.54, 1.807) is 21.0 Å². The van der Waals surface area contributed by atoms with Gasteiger partial charge in [-0.1, -0.05) is 20.8 Å². The van der Waals surface area contributed by atoms with Gasteiger partial charge in [0.05, 0.1) is 23.9 Å². The van der Waals surface area contributed by atoms with Gasteiger partial charge in [-0.05, 0) is 94.5 Å². The number of ketones is 1. The summed E-state index contributed by atoms with van der Waals surface area (Å²) in [4.78, 5) is 43.8. The zero-order valence-electron chi connectivity index (χ0n) is 31.9. The Morgan fingerprint density at radius 3 is 2.23 bits per heavy atom. The molecule has 3 N–H and O–H groups in total. The van der Waals surface area contributed by atoms with E-state index >= 15 is 0 Å². The maximum absolute atomic E-state index is 14.2. The second-order valence-electron chi connectivity index (χ2n) is 15.0. The number of likely N-dealkylation sites (N-methyl/N-ethyl adjacent to an activating group) is 2. The first-order chi connectivity index (χ1) is 22.3. The summed E-state index contributed by atoms with van der Waals surface area (Å²) in [7, 11) is 10.9. The van der Waals surface area contributed by atoms with Gasteiger partial charge in [0.1, 0.15) is 23.7 Å². The van der Waals surface area contributed by atoms with Crippen LogP contribution < -0.4 is 10.6 Å². The van der Waals surface area contributed by atoms with Gasteiger partial charge in [0.15, 0.2) is 12.1 Å². The number of nitrogens with zero attached hydrogens (tertiary/aromatic N) is 2. The van der Waals surface area contributed by atoms with Gasteiger partial charge in [0, 0.05) is 38.3 Å². The van der Waals surface area contributed by atoms with Gasteiger partial charge in [-0.2, -0.15) is 0 Å². The highest BCUT2D eigenvalue weighted by atomic mass is 16.7. The van der Waals surface area contributed by atoms with Crippen molar-refractivity contribution in [2.24, 2.45) is 17.8 Å². The number of hydrogen-bond donors (Lipinski definition) is 3. The van der Waals surface area contributed by atoms with Crippen molar-refractivity contribution in [2.75, 3.05) is 49.0 Å². The third-order valence-corrected chi connectivity index (χ3v) is 11.1. The Balaban J connectivity index is 2.64. The first-order valence-corrected chi connectivity index (χ1v) is 17.4. The molecule has 2 rings (SSSR count). The van der Waals surface area contributed by atoms with Crippen molar-refractivity contribution >= 4 is 18.2 Å². The van der Waals surface area contributed by atoms with Crippen LogP contribution in [-0.4, -0.2) is 148 Å². The molecule has 2 saturated heterocycles. The van der Waals surface area contributed by atoms with Crippen molar-refractivity contribution in [1.29, 1.82) is 0 Å². The van der Waals surface area contributed by atoms with Gasteiger partial charge in [0.2, 0.25) is 6.41 Å². The number of carbonyl (C=O) groups excluding carboxylic acids is 3. The van der Waals surface area contributed by atoms with E-state index < -0.39 is 59.7 Å². The van der Waals surface area contributed by atoms with Gasteiger partial charge in [-0.25, -0.2) is 0 Å². The van der Waals surface area contributed by atoms with Crippen molar-refractivity contribution in [3.05, 3.63) is 0 Å². The van der Waals surface area contributed by atoms with Gasteiger partial charge in [0.25, 0.3) is 0 Å². The highest BCUT2D eigenvalue weighted by Crippen LogP contribution is 2.37. The summed E-state index contributed by atoms with van der Waals surface area (Å²) in [5, 5.41) is 18.0. The molecular formula is C35H66N4O9. The molecule has 0 bridgehead atoms. The van der Waals surface area contributed by atoms with Crippen molar-refractivity contribution in [3.8, 4) is 0 Å². The van der Waals surface area contributed by atoms with Crippen LogP contribution in [0.2, 0.25) is 0 Å².